The first kappa shape index (κ1) is 23.6. The summed E-state index contributed by atoms with van der Waals surface area (Å²) in [7, 11) is 0. The minimum Gasteiger partial charge on any atom is -0.392 e. The molecule has 2 spiro atoms. The average molecular weight is 492 g/mol. The van der Waals surface area contributed by atoms with E-state index in [-0.39, 0.29) is 23.2 Å². The molecule has 0 radical (unpaired) electrons. The Kier molecular flexibility index (Phi) is 5.32. The van der Waals surface area contributed by atoms with Gasteiger partial charge in [0, 0.05) is 49.0 Å². The summed E-state index contributed by atoms with van der Waals surface area (Å²) in [6.07, 6.45) is -2.73. The van der Waals surface area contributed by atoms with E-state index in [2.05, 4.69) is 0 Å². The zero-order valence-electron chi connectivity index (χ0n) is 20.0. The highest BCUT2D eigenvalue weighted by Crippen LogP contribution is 2.64. The van der Waals surface area contributed by atoms with Crippen molar-refractivity contribution in [2.45, 2.75) is 76.0 Å². The van der Waals surface area contributed by atoms with Crippen LogP contribution in [0.1, 0.15) is 63.2 Å². The van der Waals surface area contributed by atoms with E-state index in [4.69, 9.17) is 14.5 Å². The van der Waals surface area contributed by atoms with Gasteiger partial charge in [-0.05, 0) is 48.4 Å². The zero-order valence-corrected chi connectivity index (χ0v) is 20.0. The Morgan fingerprint density at radius 2 is 1.69 bits per heavy atom. The van der Waals surface area contributed by atoms with Gasteiger partial charge < -0.3 is 19.7 Å². The molecule has 0 aromatic heterocycles. The van der Waals surface area contributed by atoms with Gasteiger partial charge in [-0.1, -0.05) is 26.0 Å². The summed E-state index contributed by atoms with van der Waals surface area (Å²) in [5, 5.41) is 22.8. The van der Waals surface area contributed by atoms with Gasteiger partial charge in [-0.2, -0.15) is 13.2 Å². The fourth-order valence-corrected chi connectivity index (χ4v) is 7.05. The number of hydrogen-bond acceptors (Lipinski definition) is 5. The third kappa shape index (κ3) is 3.55. The number of rotatable bonds is 2. The van der Waals surface area contributed by atoms with E-state index in [0.29, 0.717) is 43.8 Å². The first-order chi connectivity index (χ1) is 16.6. The standard InChI is InChI=1S/C27H32F3NO4/c1-14(2)21-19-20(18-17(32)13-25(7-8-25)24(33)22(18)31-21)26(9-11-34-12-10-26)35-23(19)15-3-5-16(6-4-15)27(28,29)30/h3-6,14,17-18,20,23-24,32-33H,7-13H2,1-2H3/t17-,18?,20?,23+,24-/m0/s1. The van der Waals surface area contributed by atoms with Crippen molar-refractivity contribution in [2.75, 3.05) is 13.2 Å². The van der Waals surface area contributed by atoms with Crippen molar-refractivity contribution < 1.29 is 32.9 Å². The lowest BCUT2D eigenvalue weighted by atomic mass is 9.60. The van der Waals surface area contributed by atoms with E-state index in [1.807, 2.05) is 13.8 Å². The van der Waals surface area contributed by atoms with Crippen molar-refractivity contribution in [1.29, 1.82) is 0 Å². The predicted molar refractivity (Wildman–Crippen MR) is 123 cm³/mol. The first-order valence-electron chi connectivity index (χ1n) is 12.7. The Morgan fingerprint density at radius 3 is 2.26 bits per heavy atom. The van der Waals surface area contributed by atoms with E-state index in [1.54, 1.807) is 0 Å². The van der Waals surface area contributed by atoms with Crippen LogP contribution in [0.25, 0.3) is 0 Å². The molecule has 0 bridgehead atoms. The lowest BCUT2D eigenvalue weighted by Crippen LogP contribution is -2.57. The third-order valence-electron chi connectivity index (χ3n) is 8.99. The molecule has 2 saturated heterocycles. The number of alkyl halides is 3. The Balaban J connectivity index is 1.51. The summed E-state index contributed by atoms with van der Waals surface area (Å²) in [5.74, 6) is -0.548. The second kappa shape index (κ2) is 7.88. The molecule has 5 atom stereocenters. The molecule has 3 heterocycles. The molecule has 0 amide bonds. The molecular weight excluding hydrogens is 459 g/mol. The summed E-state index contributed by atoms with van der Waals surface area (Å²) < 4.78 is 52.2. The van der Waals surface area contributed by atoms with Gasteiger partial charge in [0.15, 0.2) is 0 Å². The number of benzene rings is 1. The SMILES string of the molecule is CC(C)C1=C2C(C3C(=N1)[C@H](O)C1(CC1)C[C@@H]3O)C1(CCOCC1)O[C@@H]2c1ccc(C(F)(F)F)cc1. The Morgan fingerprint density at radius 1 is 1.03 bits per heavy atom. The topological polar surface area (TPSA) is 71.3 Å². The summed E-state index contributed by atoms with van der Waals surface area (Å²) in [6, 6.07) is 5.20. The predicted octanol–water partition coefficient (Wildman–Crippen LogP) is 4.83. The third-order valence-corrected chi connectivity index (χ3v) is 8.99. The van der Waals surface area contributed by atoms with Crippen LogP contribution in [-0.4, -0.2) is 46.9 Å². The number of hydrogen-bond donors (Lipinski definition) is 2. The molecular formula is C27H32F3NO4. The molecule has 35 heavy (non-hydrogen) atoms. The molecule has 190 valence electrons. The number of halogens is 3. The van der Waals surface area contributed by atoms with Crippen LogP contribution in [0.5, 0.6) is 0 Å². The molecule has 2 aliphatic carbocycles. The quantitative estimate of drug-likeness (QED) is 0.622. The Labute approximate surface area is 203 Å². The molecule has 2 unspecified atom stereocenters. The number of aliphatic hydroxyl groups is 2. The lowest BCUT2D eigenvalue weighted by Gasteiger charge is -2.49. The van der Waals surface area contributed by atoms with E-state index < -0.39 is 35.7 Å². The molecule has 2 saturated carbocycles. The normalized spacial score (nSPS) is 35.3. The maximum absolute atomic E-state index is 13.2. The van der Waals surface area contributed by atoms with Crippen LogP contribution in [0, 0.1) is 23.2 Å². The highest BCUT2D eigenvalue weighted by atomic mass is 19.4. The van der Waals surface area contributed by atoms with Crippen LogP contribution in [0.3, 0.4) is 0 Å². The fourth-order valence-electron chi connectivity index (χ4n) is 7.05. The highest BCUT2D eigenvalue weighted by molar-refractivity contribution is 5.96. The van der Waals surface area contributed by atoms with E-state index >= 15 is 0 Å². The first-order valence-corrected chi connectivity index (χ1v) is 12.7. The monoisotopic (exact) mass is 491 g/mol. The summed E-state index contributed by atoms with van der Waals surface area (Å²) in [6.45, 7) is 5.12. The van der Waals surface area contributed by atoms with Crippen molar-refractivity contribution in [3.63, 3.8) is 0 Å². The molecule has 3 aliphatic heterocycles. The number of ether oxygens (including phenoxy) is 2. The molecule has 6 rings (SSSR count). The van der Waals surface area contributed by atoms with Crippen molar-refractivity contribution >= 4 is 5.71 Å². The second-order valence-electron chi connectivity index (χ2n) is 11.4. The van der Waals surface area contributed by atoms with Crippen LogP contribution in [0.4, 0.5) is 13.2 Å². The van der Waals surface area contributed by atoms with Crippen LogP contribution in [0.15, 0.2) is 40.5 Å². The average Bonchev–Trinajstić information content (AvgIpc) is 3.53. The second-order valence-corrected chi connectivity index (χ2v) is 11.4. The van der Waals surface area contributed by atoms with Crippen molar-refractivity contribution in [3.8, 4) is 0 Å². The minimum atomic E-state index is -4.41. The lowest BCUT2D eigenvalue weighted by molar-refractivity contribution is -0.138. The number of fused-ring (bicyclic) bond motifs is 4. The van der Waals surface area contributed by atoms with Crippen LogP contribution in [-0.2, 0) is 15.7 Å². The molecule has 1 aromatic rings. The van der Waals surface area contributed by atoms with E-state index in [0.717, 1.165) is 36.2 Å². The zero-order chi connectivity index (χ0) is 24.8. The molecule has 1 aromatic carbocycles. The molecule has 5 aliphatic rings. The number of allylic oxidation sites excluding steroid dienone is 1. The summed E-state index contributed by atoms with van der Waals surface area (Å²) >= 11 is 0. The number of nitrogens with zero attached hydrogens (tertiary/aromatic N) is 1. The molecule has 8 heteroatoms. The Hall–Kier alpha value is -1.74. The van der Waals surface area contributed by atoms with Gasteiger partial charge in [0.25, 0.3) is 0 Å². The van der Waals surface area contributed by atoms with Crippen LogP contribution in [0.2, 0.25) is 0 Å². The number of aliphatic hydroxyl groups excluding tert-OH is 2. The van der Waals surface area contributed by atoms with Gasteiger partial charge in [0.1, 0.15) is 6.10 Å². The van der Waals surface area contributed by atoms with Gasteiger partial charge in [-0.15, -0.1) is 0 Å². The Bertz CT molecular complexity index is 1070. The molecule has 4 fully saturated rings. The molecule has 5 nitrogen and oxygen atoms in total. The maximum Gasteiger partial charge on any atom is 0.416 e. The van der Waals surface area contributed by atoms with Gasteiger partial charge >= 0.3 is 6.18 Å². The van der Waals surface area contributed by atoms with Gasteiger partial charge in [-0.3, -0.25) is 4.99 Å². The van der Waals surface area contributed by atoms with E-state index in [9.17, 15) is 23.4 Å². The van der Waals surface area contributed by atoms with Crippen molar-refractivity contribution in [1.82, 2.24) is 0 Å². The maximum atomic E-state index is 13.2. The van der Waals surface area contributed by atoms with Gasteiger partial charge in [-0.25, -0.2) is 0 Å². The smallest absolute Gasteiger partial charge is 0.392 e. The van der Waals surface area contributed by atoms with Crippen LogP contribution < -0.4 is 0 Å². The molecule has 2 N–H and O–H groups in total. The summed E-state index contributed by atoms with van der Waals surface area (Å²) in [4.78, 5) is 5.02. The van der Waals surface area contributed by atoms with Crippen molar-refractivity contribution in [2.24, 2.45) is 28.2 Å². The van der Waals surface area contributed by atoms with Crippen molar-refractivity contribution in [3.05, 3.63) is 46.7 Å². The fraction of sp³-hybridized carbons (Fsp3) is 0.667. The van der Waals surface area contributed by atoms with Gasteiger partial charge in [0.05, 0.1) is 29.1 Å². The minimum absolute atomic E-state index is 0.0258. The summed E-state index contributed by atoms with van der Waals surface area (Å²) in [5.41, 5.74) is 1.51. The van der Waals surface area contributed by atoms with Crippen LogP contribution >= 0.6 is 0 Å². The largest absolute Gasteiger partial charge is 0.416 e. The van der Waals surface area contributed by atoms with E-state index in [1.165, 1.54) is 12.1 Å². The number of aliphatic imine (C=N–C) groups is 1. The highest BCUT2D eigenvalue weighted by Gasteiger charge is 2.65. The van der Waals surface area contributed by atoms with Gasteiger partial charge in [0.2, 0.25) is 0 Å².